The summed E-state index contributed by atoms with van der Waals surface area (Å²) in [5, 5.41) is 7.25. The summed E-state index contributed by atoms with van der Waals surface area (Å²) in [6.45, 7) is 4.59. The first-order valence-electron chi connectivity index (χ1n) is 7.35. The second-order valence-electron chi connectivity index (χ2n) is 5.23. The molecule has 2 heterocycles. The van der Waals surface area contributed by atoms with Gasteiger partial charge >= 0.3 is 0 Å². The van der Waals surface area contributed by atoms with E-state index in [1.165, 1.54) is 0 Å². The molecule has 2 aromatic rings. The molecule has 1 aromatic carbocycles. The number of hydrogen-bond donors (Lipinski definition) is 2. The van der Waals surface area contributed by atoms with Crippen molar-refractivity contribution < 1.29 is 4.74 Å². The number of rotatable bonds is 5. The van der Waals surface area contributed by atoms with Crippen LogP contribution in [0.2, 0.25) is 0 Å². The van der Waals surface area contributed by atoms with Gasteiger partial charge < -0.3 is 10.5 Å². The van der Waals surface area contributed by atoms with E-state index in [9.17, 15) is 0 Å². The van der Waals surface area contributed by atoms with Crippen LogP contribution < -0.4 is 5.73 Å². The predicted molar refractivity (Wildman–Crippen MR) is 79.8 cm³/mol. The lowest BCUT2D eigenvalue weighted by Gasteiger charge is -2.25. The van der Waals surface area contributed by atoms with Crippen LogP contribution >= 0.6 is 0 Å². The summed E-state index contributed by atoms with van der Waals surface area (Å²) in [7, 11) is 0. The Bertz CT molecular complexity index is 550. The highest BCUT2D eigenvalue weighted by Crippen LogP contribution is 2.15. The fraction of sp³-hybridized carbons (Fsp3) is 0.467. The van der Waals surface area contributed by atoms with Crippen LogP contribution in [-0.4, -0.2) is 52.9 Å². The zero-order valence-electron chi connectivity index (χ0n) is 12.0. The molecule has 1 aliphatic heterocycles. The molecular weight excluding hydrogens is 266 g/mol. The molecule has 112 valence electrons. The van der Waals surface area contributed by atoms with Gasteiger partial charge in [-0.25, -0.2) is 4.98 Å². The van der Waals surface area contributed by atoms with E-state index in [1.54, 1.807) is 0 Å². The molecule has 0 radical (unpaired) electrons. The zero-order valence-corrected chi connectivity index (χ0v) is 12.0. The fourth-order valence-electron chi connectivity index (χ4n) is 2.46. The van der Waals surface area contributed by atoms with Gasteiger partial charge in [-0.15, -0.1) is 0 Å². The third-order valence-electron chi connectivity index (χ3n) is 3.75. The molecule has 0 amide bonds. The lowest BCUT2D eigenvalue weighted by Crippen LogP contribution is -2.37. The van der Waals surface area contributed by atoms with Gasteiger partial charge in [0.15, 0.2) is 5.82 Å². The van der Waals surface area contributed by atoms with Crippen molar-refractivity contribution in [2.24, 2.45) is 5.73 Å². The highest BCUT2D eigenvalue weighted by atomic mass is 16.5. The van der Waals surface area contributed by atoms with Crippen LogP contribution in [0.15, 0.2) is 30.3 Å². The highest BCUT2D eigenvalue weighted by Gasteiger charge is 2.15. The molecule has 1 aromatic heterocycles. The SMILES string of the molecule is N[C@H](c1ccccc1)c1n[nH]c(CCN2CCOCC2)n1. The van der Waals surface area contributed by atoms with Crippen LogP contribution in [0.3, 0.4) is 0 Å². The van der Waals surface area contributed by atoms with E-state index in [0.29, 0.717) is 5.82 Å². The minimum absolute atomic E-state index is 0.278. The van der Waals surface area contributed by atoms with E-state index in [-0.39, 0.29) is 6.04 Å². The van der Waals surface area contributed by atoms with Crippen molar-refractivity contribution in [1.82, 2.24) is 20.1 Å². The Balaban J connectivity index is 1.58. The molecule has 21 heavy (non-hydrogen) atoms. The van der Waals surface area contributed by atoms with Gasteiger partial charge in [0, 0.05) is 26.1 Å². The minimum atomic E-state index is -0.278. The normalized spacial score (nSPS) is 17.8. The van der Waals surface area contributed by atoms with Gasteiger partial charge in [0.1, 0.15) is 5.82 Å². The Kier molecular flexibility index (Phi) is 4.59. The Morgan fingerprint density at radius 2 is 2.00 bits per heavy atom. The maximum absolute atomic E-state index is 6.20. The summed E-state index contributed by atoms with van der Waals surface area (Å²) >= 11 is 0. The number of nitrogens with one attached hydrogen (secondary N) is 1. The average molecular weight is 287 g/mol. The molecule has 0 bridgehead atoms. The summed E-state index contributed by atoms with van der Waals surface area (Å²) < 4.78 is 5.34. The summed E-state index contributed by atoms with van der Waals surface area (Å²) in [5.74, 6) is 1.54. The third kappa shape index (κ3) is 3.66. The molecule has 3 rings (SSSR count). The van der Waals surface area contributed by atoms with Crippen molar-refractivity contribution >= 4 is 0 Å². The van der Waals surface area contributed by atoms with Crippen molar-refractivity contribution in [3.8, 4) is 0 Å². The second kappa shape index (κ2) is 6.80. The van der Waals surface area contributed by atoms with Crippen molar-refractivity contribution in [3.05, 3.63) is 47.5 Å². The molecule has 1 saturated heterocycles. The molecule has 1 atom stereocenters. The van der Waals surface area contributed by atoms with E-state index in [0.717, 1.165) is 50.7 Å². The first-order valence-corrected chi connectivity index (χ1v) is 7.35. The number of H-pyrrole nitrogens is 1. The van der Waals surface area contributed by atoms with Crippen molar-refractivity contribution in [1.29, 1.82) is 0 Å². The van der Waals surface area contributed by atoms with Crippen LogP contribution in [0.4, 0.5) is 0 Å². The standard InChI is InChI=1S/C15H21N5O/c16-14(12-4-2-1-3-5-12)15-17-13(18-19-15)6-7-20-8-10-21-11-9-20/h1-5,14H,6-11,16H2,(H,17,18,19)/t14-/m1/s1. The van der Waals surface area contributed by atoms with Gasteiger partial charge in [-0.3, -0.25) is 10.00 Å². The van der Waals surface area contributed by atoms with Crippen LogP contribution in [0.1, 0.15) is 23.3 Å². The minimum Gasteiger partial charge on any atom is -0.379 e. The van der Waals surface area contributed by atoms with Crippen molar-refractivity contribution in [2.75, 3.05) is 32.8 Å². The Morgan fingerprint density at radius 3 is 2.76 bits per heavy atom. The second-order valence-corrected chi connectivity index (χ2v) is 5.23. The molecule has 0 spiro atoms. The van der Waals surface area contributed by atoms with E-state index < -0.39 is 0 Å². The fourth-order valence-corrected chi connectivity index (χ4v) is 2.46. The molecule has 1 aliphatic rings. The maximum Gasteiger partial charge on any atom is 0.171 e. The van der Waals surface area contributed by atoms with Gasteiger partial charge in [0.25, 0.3) is 0 Å². The summed E-state index contributed by atoms with van der Waals surface area (Å²) in [6, 6.07) is 9.63. The van der Waals surface area contributed by atoms with Crippen molar-refractivity contribution in [2.45, 2.75) is 12.5 Å². The largest absolute Gasteiger partial charge is 0.379 e. The summed E-state index contributed by atoms with van der Waals surface area (Å²) in [6.07, 6.45) is 0.856. The molecule has 3 N–H and O–H groups in total. The third-order valence-corrected chi connectivity index (χ3v) is 3.75. The molecule has 6 heteroatoms. The monoisotopic (exact) mass is 287 g/mol. The van der Waals surface area contributed by atoms with Gasteiger partial charge in [0.2, 0.25) is 0 Å². The van der Waals surface area contributed by atoms with E-state index in [2.05, 4.69) is 20.1 Å². The molecule has 0 unspecified atom stereocenters. The number of morpholine rings is 1. The number of nitrogens with zero attached hydrogens (tertiary/aromatic N) is 3. The number of hydrogen-bond acceptors (Lipinski definition) is 5. The van der Waals surface area contributed by atoms with Crippen LogP contribution in [0.25, 0.3) is 0 Å². The number of ether oxygens (including phenoxy) is 1. The highest BCUT2D eigenvalue weighted by molar-refractivity contribution is 5.23. The first kappa shape index (κ1) is 14.2. The topological polar surface area (TPSA) is 80.1 Å². The molecule has 6 nitrogen and oxygen atoms in total. The number of aromatic amines is 1. The lowest BCUT2D eigenvalue weighted by molar-refractivity contribution is 0.0382. The van der Waals surface area contributed by atoms with E-state index in [1.807, 2.05) is 30.3 Å². The van der Waals surface area contributed by atoms with Crippen LogP contribution in [0, 0.1) is 0 Å². The quantitative estimate of drug-likeness (QED) is 0.847. The predicted octanol–water partition coefficient (Wildman–Crippen LogP) is 0.728. The van der Waals surface area contributed by atoms with Gasteiger partial charge in [-0.05, 0) is 5.56 Å². The van der Waals surface area contributed by atoms with E-state index in [4.69, 9.17) is 10.5 Å². The van der Waals surface area contributed by atoms with Gasteiger partial charge in [0.05, 0.1) is 19.3 Å². The van der Waals surface area contributed by atoms with E-state index >= 15 is 0 Å². The zero-order chi connectivity index (χ0) is 14.5. The molecule has 0 saturated carbocycles. The first-order chi connectivity index (χ1) is 10.3. The smallest absolute Gasteiger partial charge is 0.171 e. The molecule has 0 aliphatic carbocycles. The van der Waals surface area contributed by atoms with Crippen molar-refractivity contribution in [3.63, 3.8) is 0 Å². The van der Waals surface area contributed by atoms with Crippen LogP contribution in [-0.2, 0) is 11.2 Å². The number of nitrogens with two attached hydrogens (primary N) is 1. The summed E-state index contributed by atoms with van der Waals surface area (Å²) in [5.41, 5.74) is 7.22. The maximum atomic E-state index is 6.20. The van der Waals surface area contributed by atoms with Crippen LogP contribution in [0.5, 0.6) is 0 Å². The average Bonchev–Trinajstić information content (AvgIpc) is 3.03. The Labute approximate surface area is 124 Å². The lowest BCUT2D eigenvalue weighted by atomic mass is 10.1. The Hall–Kier alpha value is -1.76. The number of benzene rings is 1. The molecular formula is C15H21N5O. The Morgan fingerprint density at radius 1 is 1.24 bits per heavy atom. The van der Waals surface area contributed by atoms with Gasteiger partial charge in [-0.2, -0.15) is 5.10 Å². The van der Waals surface area contributed by atoms with Gasteiger partial charge in [-0.1, -0.05) is 30.3 Å². The number of aromatic nitrogens is 3. The summed E-state index contributed by atoms with van der Waals surface area (Å²) in [4.78, 5) is 6.90. The molecule has 1 fully saturated rings.